The fourth-order valence-electron chi connectivity index (χ4n) is 1.84. The van der Waals surface area contributed by atoms with E-state index in [-0.39, 0.29) is 0 Å². The maximum Gasteiger partial charge on any atom is 0.114 e. The van der Waals surface area contributed by atoms with E-state index in [0.29, 0.717) is 0 Å². The van der Waals surface area contributed by atoms with Crippen LogP contribution in [0, 0.1) is 13.8 Å². The van der Waals surface area contributed by atoms with Gasteiger partial charge in [-0.25, -0.2) is 0 Å². The molecule has 0 fully saturated rings. The van der Waals surface area contributed by atoms with Gasteiger partial charge >= 0.3 is 0 Å². The number of rotatable bonds is 1. The highest BCUT2D eigenvalue weighted by atomic mass is 79.9. The van der Waals surface area contributed by atoms with E-state index in [9.17, 15) is 0 Å². The van der Waals surface area contributed by atoms with Gasteiger partial charge in [-0.2, -0.15) is 4.80 Å². The topological polar surface area (TPSA) is 30.7 Å². The molecule has 0 atom stereocenters. The Morgan fingerprint density at radius 1 is 0.944 bits per heavy atom. The third kappa shape index (κ3) is 1.93. The van der Waals surface area contributed by atoms with Gasteiger partial charge in [0.15, 0.2) is 0 Å². The van der Waals surface area contributed by atoms with E-state index in [1.807, 2.05) is 24.3 Å². The first-order chi connectivity index (χ1) is 8.63. The van der Waals surface area contributed by atoms with E-state index < -0.39 is 0 Å². The highest BCUT2D eigenvalue weighted by Crippen LogP contribution is 2.22. The summed E-state index contributed by atoms with van der Waals surface area (Å²) in [4.78, 5) is 1.68. The van der Waals surface area contributed by atoms with Crippen molar-refractivity contribution < 1.29 is 0 Å². The van der Waals surface area contributed by atoms with Gasteiger partial charge in [-0.1, -0.05) is 33.6 Å². The molecule has 0 amide bonds. The van der Waals surface area contributed by atoms with Gasteiger partial charge in [0.05, 0.1) is 5.69 Å². The van der Waals surface area contributed by atoms with Crippen molar-refractivity contribution in [2.75, 3.05) is 0 Å². The third-order valence-electron chi connectivity index (χ3n) is 2.93. The lowest BCUT2D eigenvalue weighted by atomic mass is 10.2. The van der Waals surface area contributed by atoms with E-state index >= 15 is 0 Å². The van der Waals surface area contributed by atoms with Gasteiger partial charge in [-0.15, -0.1) is 10.2 Å². The third-order valence-corrected chi connectivity index (χ3v) is 3.78. The maximum atomic E-state index is 4.50. The minimum Gasteiger partial charge on any atom is -0.150 e. The molecule has 1 aromatic heterocycles. The Morgan fingerprint density at radius 2 is 1.56 bits per heavy atom. The number of aryl methyl sites for hydroxylation is 2. The molecule has 2 aromatic carbocycles. The average molecular weight is 302 g/mol. The van der Waals surface area contributed by atoms with Crippen molar-refractivity contribution in [3.8, 4) is 5.69 Å². The van der Waals surface area contributed by atoms with Gasteiger partial charge in [0.1, 0.15) is 11.0 Å². The molecule has 0 aliphatic carbocycles. The number of aromatic nitrogens is 3. The van der Waals surface area contributed by atoms with Crippen molar-refractivity contribution in [1.82, 2.24) is 15.0 Å². The molecule has 0 unspecified atom stereocenters. The van der Waals surface area contributed by atoms with Crippen LogP contribution in [0.3, 0.4) is 0 Å². The predicted octanol–water partition coefficient (Wildman–Crippen LogP) is 3.80. The zero-order chi connectivity index (χ0) is 12.7. The van der Waals surface area contributed by atoms with Crippen LogP contribution in [0.1, 0.15) is 11.1 Å². The van der Waals surface area contributed by atoms with Crippen molar-refractivity contribution in [1.29, 1.82) is 0 Å². The fourth-order valence-corrected chi connectivity index (χ4v) is 2.17. The lowest BCUT2D eigenvalue weighted by Gasteiger charge is -1.98. The monoisotopic (exact) mass is 301 g/mol. The summed E-state index contributed by atoms with van der Waals surface area (Å²) in [5.41, 5.74) is 5.18. The van der Waals surface area contributed by atoms with Gasteiger partial charge in [-0.05, 0) is 43.7 Å². The summed E-state index contributed by atoms with van der Waals surface area (Å²) in [7, 11) is 0. The molecule has 3 rings (SSSR count). The molecular weight excluding hydrogens is 290 g/mol. The summed E-state index contributed by atoms with van der Waals surface area (Å²) < 4.78 is 1.06. The molecule has 0 bridgehead atoms. The number of halogens is 1. The first-order valence-corrected chi connectivity index (χ1v) is 6.53. The SMILES string of the molecule is Cc1ccc(-n2nc3cc(C)c(Br)cc3n2)cc1. The molecular formula is C14H12BrN3. The second kappa shape index (κ2) is 4.21. The Kier molecular flexibility index (Phi) is 2.67. The van der Waals surface area contributed by atoms with Crippen LogP contribution in [-0.4, -0.2) is 15.0 Å². The van der Waals surface area contributed by atoms with Crippen LogP contribution in [0.25, 0.3) is 16.7 Å². The Balaban J connectivity index is 2.16. The van der Waals surface area contributed by atoms with Gasteiger partial charge in [-0.3, -0.25) is 0 Å². The van der Waals surface area contributed by atoms with E-state index in [0.717, 1.165) is 21.2 Å². The average Bonchev–Trinajstić information content (AvgIpc) is 2.73. The molecule has 0 saturated carbocycles. The van der Waals surface area contributed by atoms with Crippen molar-refractivity contribution in [2.45, 2.75) is 13.8 Å². The smallest absolute Gasteiger partial charge is 0.114 e. The molecule has 18 heavy (non-hydrogen) atoms. The van der Waals surface area contributed by atoms with Crippen LogP contribution in [0.5, 0.6) is 0 Å². The van der Waals surface area contributed by atoms with E-state index in [1.165, 1.54) is 11.1 Å². The number of nitrogens with zero attached hydrogens (tertiary/aromatic N) is 3. The largest absolute Gasteiger partial charge is 0.150 e. The number of fused-ring (bicyclic) bond motifs is 1. The van der Waals surface area contributed by atoms with Gasteiger partial charge in [0, 0.05) is 4.47 Å². The van der Waals surface area contributed by atoms with Crippen molar-refractivity contribution in [3.05, 3.63) is 52.0 Å². The van der Waals surface area contributed by atoms with E-state index in [4.69, 9.17) is 0 Å². The molecule has 3 aromatic rings. The summed E-state index contributed by atoms with van der Waals surface area (Å²) in [6, 6.07) is 12.2. The quantitative estimate of drug-likeness (QED) is 0.684. The Bertz CT molecular complexity index is 675. The summed E-state index contributed by atoms with van der Waals surface area (Å²) in [6.45, 7) is 4.12. The van der Waals surface area contributed by atoms with Crippen LogP contribution in [0.15, 0.2) is 40.9 Å². The fraction of sp³-hybridized carbons (Fsp3) is 0.143. The van der Waals surface area contributed by atoms with Gasteiger partial charge in [0.2, 0.25) is 0 Å². The number of benzene rings is 2. The zero-order valence-electron chi connectivity index (χ0n) is 10.2. The summed E-state index contributed by atoms with van der Waals surface area (Å²) in [5, 5.41) is 8.99. The van der Waals surface area contributed by atoms with Crippen molar-refractivity contribution in [2.24, 2.45) is 0 Å². The molecule has 1 heterocycles. The summed E-state index contributed by atoms with van der Waals surface area (Å²) in [5.74, 6) is 0. The molecule has 4 heteroatoms. The molecule has 0 aliphatic rings. The van der Waals surface area contributed by atoms with Crippen LogP contribution < -0.4 is 0 Å². The highest BCUT2D eigenvalue weighted by Gasteiger charge is 2.06. The highest BCUT2D eigenvalue weighted by molar-refractivity contribution is 9.10. The van der Waals surface area contributed by atoms with Crippen molar-refractivity contribution >= 4 is 27.0 Å². The first-order valence-electron chi connectivity index (χ1n) is 5.74. The van der Waals surface area contributed by atoms with Crippen LogP contribution >= 0.6 is 15.9 Å². The van der Waals surface area contributed by atoms with Crippen molar-refractivity contribution in [3.63, 3.8) is 0 Å². The molecule has 0 saturated heterocycles. The summed E-state index contributed by atoms with van der Waals surface area (Å²) in [6.07, 6.45) is 0. The van der Waals surface area contributed by atoms with Gasteiger partial charge < -0.3 is 0 Å². The molecule has 3 nitrogen and oxygen atoms in total. The standard InChI is InChI=1S/C14H12BrN3/c1-9-3-5-11(6-4-9)18-16-13-7-10(2)12(15)8-14(13)17-18/h3-8H,1-2H3. The lowest BCUT2D eigenvalue weighted by Crippen LogP contribution is -1.97. The predicted molar refractivity (Wildman–Crippen MR) is 76.0 cm³/mol. The Hall–Kier alpha value is -1.68. The Morgan fingerprint density at radius 3 is 2.22 bits per heavy atom. The second-order valence-electron chi connectivity index (χ2n) is 4.42. The van der Waals surface area contributed by atoms with E-state index in [2.05, 4.69) is 52.1 Å². The van der Waals surface area contributed by atoms with E-state index in [1.54, 1.807) is 4.80 Å². The first kappa shape index (κ1) is 11.4. The molecule has 0 radical (unpaired) electrons. The zero-order valence-corrected chi connectivity index (χ0v) is 11.8. The minimum absolute atomic E-state index is 0.896. The number of hydrogen-bond acceptors (Lipinski definition) is 2. The number of hydrogen-bond donors (Lipinski definition) is 0. The second-order valence-corrected chi connectivity index (χ2v) is 5.27. The van der Waals surface area contributed by atoms with Gasteiger partial charge in [0.25, 0.3) is 0 Å². The molecule has 90 valence electrons. The van der Waals surface area contributed by atoms with Crippen LogP contribution in [-0.2, 0) is 0 Å². The molecule has 0 aliphatic heterocycles. The molecule has 0 spiro atoms. The minimum atomic E-state index is 0.896. The van der Waals surface area contributed by atoms with Crippen LogP contribution in [0.2, 0.25) is 0 Å². The summed E-state index contributed by atoms with van der Waals surface area (Å²) >= 11 is 3.51. The Labute approximate surface area is 114 Å². The van der Waals surface area contributed by atoms with Crippen LogP contribution in [0.4, 0.5) is 0 Å². The lowest BCUT2D eigenvalue weighted by molar-refractivity contribution is 0.765. The molecule has 0 N–H and O–H groups in total. The maximum absolute atomic E-state index is 4.50. The normalized spacial score (nSPS) is 11.1.